The summed E-state index contributed by atoms with van der Waals surface area (Å²) >= 11 is 0. The van der Waals surface area contributed by atoms with Crippen LogP contribution in [0.3, 0.4) is 0 Å². The van der Waals surface area contributed by atoms with Crippen molar-refractivity contribution < 1.29 is 18.0 Å². The first-order chi connectivity index (χ1) is 12.5. The number of halogens is 2. The zero-order chi connectivity index (χ0) is 18.3. The summed E-state index contributed by atoms with van der Waals surface area (Å²) in [6.45, 7) is 2.23. The average Bonchev–Trinajstić information content (AvgIpc) is 3.20. The first kappa shape index (κ1) is 16.4. The number of aryl methyl sites for hydroxylation is 2. The van der Waals surface area contributed by atoms with Crippen molar-refractivity contribution in [3.8, 4) is 11.3 Å². The van der Waals surface area contributed by atoms with Crippen LogP contribution in [-0.2, 0) is 13.0 Å². The highest BCUT2D eigenvalue weighted by atomic mass is 19.1. The maximum atomic E-state index is 14.0. The quantitative estimate of drug-likeness (QED) is 0.781. The molecule has 0 saturated heterocycles. The van der Waals surface area contributed by atoms with Gasteiger partial charge < -0.3 is 14.3 Å². The highest BCUT2D eigenvalue weighted by molar-refractivity contribution is 5.89. The summed E-state index contributed by atoms with van der Waals surface area (Å²) < 4.78 is 34.2. The van der Waals surface area contributed by atoms with Gasteiger partial charge in [0.1, 0.15) is 23.2 Å². The van der Waals surface area contributed by atoms with E-state index in [2.05, 4.69) is 15.3 Å². The number of hydrogen-bond donors (Lipinski definition) is 1. The lowest BCUT2D eigenvalue weighted by Crippen LogP contribution is -2.41. The van der Waals surface area contributed by atoms with E-state index in [4.69, 9.17) is 4.42 Å². The molecule has 0 radical (unpaired) electrons. The number of fused-ring (bicyclic) bond motifs is 1. The zero-order valence-electron chi connectivity index (χ0n) is 14.0. The van der Waals surface area contributed by atoms with Crippen LogP contribution in [0.5, 0.6) is 0 Å². The number of nitrogens with zero attached hydrogens (tertiary/aromatic N) is 3. The largest absolute Gasteiger partial charge is 0.438 e. The third kappa shape index (κ3) is 3.10. The van der Waals surface area contributed by atoms with Gasteiger partial charge in [0, 0.05) is 36.8 Å². The minimum absolute atomic E-state index is 0.0352. The van der Waals surface area contributed by atoms with Gasteiger partial charge in [-0.15, -0.1) is 0 Å². The number of aromatic nitrogens is 3. The van der Waals surface area contributed by atoms with Gasteiger partial charge in [-0.25, -0.2) is 18.7 Å². The summed E-state index contributed by atoms with van der Waals surface area (Å²) in [5.74, 6) is -0.225. The Labute approximate surface area is 147 Å². The van der Waals surface area contributed by atoms with Gasteiger partial charge in [0.15, 0.2) is 0 Å². The topological polar surface area (TPSA) is 73.0 Å². The minimum Gasteiger partial charge on any atom is -0.438 e. The summed E-state index contributed by atoms with van der Waals surface area (Å²) in [7, 11) is 0. The number of hydrogen-bond acceptors (Lipinski definition) is 4. The lowest BCUT2D eigenvalue weighted by Gasteiger charge is -2.24. The van der Waals surface area contributed by atoms with Gasteiger partial charge >= 0.3 is 5.91 Å². The van der Waals surface area contributed by atoms with Gasteiger partial charge in [-0.2, -0.15) is 0 Å². The van der Waals surface area contributed by atoms with E-state index in [-0.39, 0.29) is 23.4 Å². The van der Waals surface area contributed by atoms with E-state index in [9.17, 15) is 13.6 Å². The molecule has 8 heteroatoms. The number of imidazole rings is 1. The first-order valence-corrected chi connectivity index (χ1v) is 8.24. The standard InChI is InChI=1S/C18H16F2N4O2/c1-10-7-21-18(26-10)17(25)22-12-3-5-16-23-15(9-24(16)8-12)13-4-2-11(19)6-14(13)20/h2,4,6-7,9,12H,3,5,8H2,1H3,(H,22,25). The molecule has 6 nitrogen and oxygen atoms in total. The Kier molecular flexibility index (Phi) is 4.02. The molecule has 0 bridgehead atoms. The van der Waals surface area contributed by atoms with E-state index in [1.807, 2.05) is 4.57 Å². The third-order valence-corrected chi connectivity index (χ3v) is 4.35. The van der Waals surface area contributed by atoms with Crippen LogP contribution >= 0.6 is 0 Å². The SMILES string of the molecule is Cc1cnc(C(=O)NC2CCc3nc(-c4ccc(F)cc4F)cn3C2)o1. The summed E-state index contributed by atoms with van der Waals surface area (Å²) in [4.78, 5) is 20.5. The Morgan fingerprint density at radius 1 is 1.38 bits per heavy atom. The lowest BCUT2D eigenvalue weighted by molar-refractivity contribution is 0.0891. The maximum absolute atomic E-state index is 14.0. The molecule has 1 aliphatic rings. The highest BCUT2D eigenvalue weighted by Crippen LogP contribution is 2.25. The van der Waals surface area contributed by atoms with E-state index in [1.54, 1.807) is 13.1 Å². The Hall–Kier alpha value is -3.03. The van der Waals surface area contributed by atoms with Crippen LogP contribution in [0, 0.1) is 18.6 Å². The number of amides is 1. The van der Waals surface area contributed by atoms with E-state index < -0.39 is 11.6 Å². The number of rotatable bonds is 3. The molecular weight excluding hydrogens is 342 g/mol. The second-order valence-electron chi connectivity index (χ2n) is 6.30. The molecule has 1 aliphatic heterocycles. The number of oxazole rings is 1. The summed E-state index contributed by atoms with van der Waals surface area (Å²) in [5.41, 5.74) is 0.706. The van der Waals surface area contributed by atoms with Crippen LogP contribution in [0.15, 0.2) is 35.0 Å². The van der Waals surface area contributed by atoms with Crippen molar-refractivity contribution in [3.05, 3.63) is 59.7 Å². The number of benzene rings is 1. The molecule has 0 spiro atoms. The monoisotopic (exact) mass is 358 g/mol. The van der Waals surface area contributed by atoms with Crippen molar-refractivity contribution in [1.29, 1.82) is 0 Å². The van der Waals surface area contributed by atoms with Gasteiger partial charge in [-0.1, -0.05) is 0 Å². The fourth-order valence-corrected chi connectivity index (χ4v) is 3.10. The summed E-state index contributed by atoms with van der Waals surface area (Å²) in [6, 6.07) is 3.32. The molecule has 26 heavy (non-hydrogen) atoms. The van der Waals surface area contributed by atoms with E-state index in [0.717, 1.165) is 11.9 Å². The number of carbonyl (C=O) groups excluding carboxylic acids is 1. The van der Waals surface area contributed by atoms with E-state index >= 15 is 0 Å². The zero-order valence-corrected chi connectivity index (χ0v) is 14.0. The van der Waals surface area contributed by atoms with Gasteiger partial charge in [-0.05, 0) is 25.5 Å². The summed E-state index contributed by atoms with van der Waals surface area (Å²) in [6.07, 6.45) is 4.55. The van der Waals surface area contributed by atoms with Gasteiger partial charge in [0.05, 0.1) is 11.9 Å². The molecule has 1 atom stereocenters. The fourth-order valence-electron chi connectivity index (χ4n) is 3.10. The van der Waals surface area contributed by atoms with Crippen molar-refractivity contribution in [2.24, 2.45) is 0 Å². The number of nitrogens with one attached hydrogen (secondary N) is 1. The molecule has 1 N–H and O–H groups in total. The molecule has 1 amide bonds. The predicted octanol–water partition coefficient (Wildman–Crippen LogP) is 2.87. The van der Waals surface area contributed by atoms with Gasteiger partial charge in [-0.3, -0.25) is 4.79 Å². The average molecular weight is 358 g/mol. The molecule has 0 fully saturated rings. The minimum atomic E-state index is -0.649. The molecule has 2 aromatic heterocycles. The van der Waals surface area contributed by atoms with Crippen LogP contribution in [0.2, 0.25) is 0 Å². The van der Waals surface area contributed by atoms with Crippen molar-refractivity contribution in [3.63, 3.8) is 0 Å². The molecule has 134 valence electrons. The Balaban J connectivity index is 1.50. The smallest absolute Gasteiger partial charge is 0.307 e. The van der Waals surface area contributed by atoms with Crippen molar-refractivity contribution in [2.45, 2.75) is 32.4 Å². The van der Waals surface area contributed by atoms with Gasteiger partial charge in [0.2, 0.25) is 0 Å². The lowest BCUT2D eigenvalue weighted by atomic mass is 10.1. The molecule has 0 aliphatic carbocycles. The molecule has 1 unspecified atom stereocenters. The van der Waals surface area contributed by atoms with Crippen molar-refractivity contribution in [2.75, 3.05) is 0 Å². The van der Waals surface area contributed by atoms with Crippen LogP contribution in [0.25, 0.3) is 11.3 Å². The van der Waals surface area contributed by atoms with Crippen LogP contribution < -0.4 is 5.32 Å². The second kappa shape index (κ2) is 6.36. The Morgan fingerprint density at radius 3 is 2.96 bits per heavy atom. The molecule has 4 rings (SSSR count). The van der Waals surface area contributed by atoms with E-state index in [0.29, 0.717) is 30.8 Å². The van der Waals surface area contributed by atoms with Crippen LogP contribution in [-0.4, -0.2) is 26.5 Å². The molecule has 0 saturated carbocycles. The van der Waals surface area contributed by atoms with Crippen molar-refractivity contribution >= 4 is 5.91 Å². The van der Waals surface area contributed by atoms with E-state index in [1.165, 1.54) is 18.3 Å². The molecule has 3 aromatic rings. The van der Waals surface area contributed by atoms with Gasteiger partial charge in [0.25, 0.3) is 5.89 Å². The maximum Gasteiger partial charge on any atom is 0.307 e. The van der Waals surface area contributed by atoms with Crippen LogP contribution in [0.4, 0.5) is 8.78 Å². The Bertz CT molecular complexity index is 979. The highest BCUT2D eigenvalue weighted by Gasteiger charge is 2.24. The fraction of sp³-hybridized carbons (Fsp3) is 0.278. The van der Waals surface area contributed by atoms with Crippen LogP contribution in [0.1, 0.15) is 28.7 Å². The normalized spacial score (nSPS) is 16.3. The first-order valence-electron chi connectivity index (χ1n) is 8.24. The molecular formula is C18H16F2N4O2. The molecule has 3 heterocycles. The molecule has 1 aromatic carbocycles. The summed E-state index contributed by atoms with van der Waals surface area (Å²) in [5, 5.41) is 2.89. The third-order valence-electron chi connectivity index (χ3n) is 4.35. The second-order valence-corrected chi connectivity index (χ2v) is 6.30. The Morgan fingerprint density at radius 2 is 2.23 bits per heavy atom. The number of carbonyl (C=O) groups is 1. The van der Waals surface area contributed by atoms with Crippen molar-refractivity contribution in [1.82, 2.24) is 19.9 Å². The predicted molar refractivity (Wildman–Crippen MR) is 88.4 cm³/mol.